The van der Waals surface area contributed by atoms with Gasteiger partial charge >= 0.3 is 0 Å². The van der Waals surface area contributed by atoms with Crippen LogP contribution in [-0.4, -0.2) is 30.5 Å². The Labute approximate surface area is 126 Å². The molecule has 2 rings (SSSR count). The molecule has 2 N–H and O–H groups in total. The maximum atomic E-state index is 12.2. The first-order valence-corrected chi connectivity index (χ1v) is 7.59. The van der Waals surface area contributed by atoms with Crippen LogP contribution in [0.4, 0.5) is 5.69 Å². The minimum atomic E-state index is 0.0778. The van der Waals surface area contributed by atoms with E-state index in [1.54, 1.807) is 6.08 Å². The molecule has 1 aromatic carbocycles. The highest BCUT2D eigenvalue weighted by atomic mass is 16.5. The van der Waals surface area contributed by atoms with Crippen LogP contribution in [0.15, 0.2) is 24.3 Å². The van der Waals surface area contributed by atoms with Crippen LogP contribution >= 0.6 is 0 Å². The molecule has 0 spiro atoms. The average molecular weight is 288 g/mol. The molecule has 1 fully saturated rings. The van der Waals surface area contributed by atoms with Gasteiger partial charge in [0, 0.05) is 19.2 Å². The fraction of sp³-hybridized carbons (Fsp3) is 0.471. The third-order valence-corrected chi connectivity index (χ3v) is 3.72. The highest BCUT2D eigenvalue weighted by molar-refractivity contribution is 5.92. The molecule has 4 nitrogen and oxygen atoms in total. The number of nitrogens with two attached hydrogens (primary N) is 1. The lowest BCUT2D eigenvalue weighted by molar-refractivity contribution is -0.127. The van der Waals surface area contributed by atoms with Crippen LogP contribution < -0.4 is 10.5 Å². The summed E-state index contributed by atoms with van der Waals surface area (Å²) in [5.41, 5.74) is 7.43. The molecule has 4 heteroatoms. The summed E-state index contributed by atoms with van der Waals surface area (Å²) >= 11 is 0. The third kappa shape index (κ3) is 4.25. The van der Waals surface area contributed by atoms with Crippen molar-refractivity contribution in [1.29, 1.82) is 0 Å². The average Bonchev–Trinajstić information content (AvgIpc) is 2.47. The summed E-state index contributed by atoms with van der Waals surface area (Å²) in [7, 11) is 0. The van der Waals surface area contributed by atoms with Gasteiger partial charge < -0.3 is 15.4 Å². The van der Waals surface area contributed by atoms with Gasteiger partial charge in [-0.25, -0.2) is 0 Å². The predicted molar refractivity (Wildman–Crippen MR) is 86.0 cm³/mol. The first-order valence-electron chi connectivity index (χ1n) is 7.59. The summed E-state index contributed by atoms with van der Waals surface area (Å²) < 4.78 is 5.40. The van der Waals surface area contributed by atoms with E-state index in [9.17, 15) is 4.79 Å². The standard InChI is InChI=1S/C17H24N2O2/c1-3-21-16-8-6-14(11-15(16)18)7-9-17(20)19-10-4-5-13(2)12-19/h6-9,11,13H,3-5,10,12,18H2,1-2H3/b9-7-. The summed E-state index contributed by atoms with van der Waals surface area (Å²) in [6.07, 6.45) is 5.75. The molecule has 114 valence electrons. The van der Waals surface area contributed by atoms with Gasteiger partial charge in [-0.1, -0.05) is 13.0 Å². The third-order valence-electron chi connectivity index (χ3n) is 3.72. The SMILES string of the molecule is CCOc1ccc(/C=C\C(=O)N2CCCC(C)C2)cc1N. The van der Waals surface area contributed by atoms with Gasteiger partial charge in [0.15, 0.2) is 0 Å². The first-order chi connectivity index (χ1) is 10.1. The van der Waals surface area contributed by atoms with Crippen molar-refractivity contribution in [2.24, 2.45) is 5.92 Å². The molecule has 21 heavy (non-hydrogen) atoms. The monoisotopic (exact) mass is 288 g/mol. The van der Waals surface area contributed by atoms with Gasteiger partial charge in [0.05, 0.1) is 12.3 Å². The van der Waals surface area contributed by atoms with Crippen LogP contribution in [0.3, 0.4) is 0 Å². The van der Waals surface area contributed by atoms with Crippen LogP contribution in [0.1, 0.15) is 32.3 Å². The summed E-state index contributed by atoms with van der Waals surface area (Å²) in [6, 6.07) is 5.57. The first kappa shape index (κ1) is 15.4. The number of amides is 1. The highest BCUT2D eigenvalue weighted by Gasteiger charge is 2.18. The molecule has 1 amide bonds. The van der Waals surface area contributed by atoms with E-state index in [1.165, 1.54) is 6.42 Å². The molecule has 0 bridgehead atoms. The van der Waals surface area contributed by atoms with Crippen molar-refractivity contribution in [2.45, 2.75) is 26.7 Å². The number of piperidine rings is 1. The topological polar surface area (TPSA) is 55.6 Å². The van der Waals surface area contributed by atoms with Crippen molar-refractivity contribution in [3.05, 3.63) is 29.8 Å². The zero-order valence-electron chi connectivity index (χ0n) is 12.8. The molecule has 1 atom stereocenters. The molecule has 1 aliphatic rings. The van der Waals surface area contributed by atoms with E-state index in [0.29, 0.717) is 24.0 Å². The number of nitrogen functional groups attached to an aromatic ring is 1. The van der Waals surface area contributed by atoms with E-state index in [1.807, 2.05) is 36.1 Å². The molecule has 1 unspecified atom stereocenters. The number of ether oxygens (including phenoxy) is 1. The highest BCUT2D eigenvalue weighted by Crippen LogP contribution is 2.23. The van der Waals surface area contributed by atoms with Crippen molar-refractivity contribution in [2.75, 3.05) is 25.4 Å². The van der Waals surface area contributed by atoms with Gasteiger partial charge in [0.25, 0.3) is 0 Å². The number of carbonyl (C=O) groups excluding carboxylic acids is 1. The Morgan fingerprint density at radius 2 is 2.33 bits per heavy atom. The normalized spacial score (nSPS) is 19.0. The summed E-state index contributed by atoms with van der Waals surface area (Å²) in [4.78, 5) is 14.1. The van der Waals surface area contributed by atoms with E-state index in [0.717, 1.165) is 25.1 Å². The number of anilines is 1. The second-order valence-corrected chi connectivity index (χ2v) is 5.60. The molecular formula is C17H24N2O2. The van der Waals surface area contributed by atoms with Gasteiger partial charge in [0.1, 0.15) is 5.75 Å². The molecule has 0 saturated carbocycles. The smallest absolute Gasteiger partial charge is 0.246 e. The van der Waals surface area contributed by atoms with Crippen LogP contribution in [0.5, 0.6) is 5.75 Å². The van der Waals surface area contributed by atoms with E-state index in [2.05, 4.69) is 6.92 Å². The Morgan fingerprint density at radius 1 is 1.52 bits per heavy atom. The zero-order chi connectivity index (χ0) is 15.2. The van der Waals surface area contributed by atoms with E-state index < -0.39 is 0 Å². The molecular weight excluding hydrogens is 264 g/mol. The van der Waals surface area contributed by atoms with Crippen LogP contribution in [0.2, 0.25) is 0 Å². The Kier molecular flexibility index (Phi) is 5.26. The fourth-order valence-electron chi connectivity index (χ4n) is 2.62. The lowest BCUT2D eigenvalue weighted by Gasteiger charge is -2.30. The van der Waals surface area contributed by atoms with Crippen LogP contribution in [0.25, 0.3) is 6.08 Å². The second kappa shape index (κ2) is 7.16. The van der Waals surface area contributed by atoms with Crippen molar-refractivity contribution >= 4 is 17.7 Å². The lowest BCUT2D eigenvalue weighted by Crippen LogP contribution is -2.38. The molecule has 0 aliphatic carbocycles. The van der Waals surface area contributed by atoms with Gasteiger partial charge in [-0.2, -0.15) is 0 Å². The van der Waals surface area contributed by atoms with Crippen LogP contribution in [-0.2, 0) is 4.79 Å². The molecule has 1 aliphatic heterocycles. The predicted octanol–water partition coefficient (Wildman–Crippen LogP) is 2.94. The van der Waals surface area contributed by atoms with Gasteiger partial charge in [-0.15, -0.1) is 0 Å². The fourth-order valence-corrected chi connectivity index (χ4v) is 2.62. The second-order valence-electron chi connectivity index (χ2n) is 5.60. The van der Waals surface area contributed by atoms with E-state index in [4.69, 9.17) is 10.5 Å². The number of hydrogen-bond acceptors (Lipinski definition) is 3. The van der Waals surface area contributed by atoms with Gasteiger partial charge in [0.2, 0.25) is 5.91 Å². The molecule has 0 aromatic heterocycles. The van der Waals surface area contributed by atoms with Gasteiger partial charge in [-0.05, 0) is 49.5 Å². The number of carbonyl (C=O) groups is 1. The maximum Gasteiger partial charge on any atom is 0.246 e. The maximum absolute atomic E-state index is 12.2. The minimum Gasteiger partial charge on any atom is -0.492 e. The van der Waals surface area contributed by atoms with Crippen molar-refractivity contribution in [1.82, 2.24) is 4.90 Å². The number of benzene rings is 1. The lowest BCUT2D eigenvalue weighted by atomic mass is 10.0. The zero-order valence-corrected chi connectivity index (χ0v) is 12.8. The van der Waals surface area contributed by atoms with E-state index in [-0.39, 0.29) is 5.91 Å². The molecule has 1 heterocycles. The summed E-state index contributed by atoms with van der Waals surface area (Å²) in [5, 5.41) is 0. The van der Waals surface area contributed by atoms with E-state index >= 15 is 0 Å². The Balaban J connectivity index is 2.00. The molecule has 0 radical (unpaired) electrons. The number of rotatable bonds is 4. The molecule has 1 saturated heterocycles. The Hall–Kier alpha value is -1.97. The minimum absolute atomic E-state index is 0.0778. The largest absolute Gasteiger partial charge is 0.492 e. The Bertz CT molecular complexity index is 526. The summed E-state index contributed by atoms with van der Waals surface area (Å²) in [6.45, 7) is 6.42. The molecule has 1 aromatic rings. The van der Waals surface area contributed by atoms with Crippen LogP contribution in [0, 0.1) is 5.92 Å². The van der Waals surface area contributed by atoms with Gasteiger partial charge in [-0.3, -0.25) is 4.79 Å². The van der Waals surface area contributed by atoms with Crippen molar-refractivity contribution < 1.29 is 9.53 Å². The Morgan fingerprint density at radius 3 is 3.00 bits per heavy atom. The van der Waals surface area contributed by atoms with Crippen molar-refractivity contribution in [3.63, 3.8) is 0 Å². The van der Waals surface area contributed by atoms with Crippen molar-refractivity contribution in [3.8, 4) is 5.75 Å². The summed E-state index contributed by atoms with van der Waals surface area (Å²) in [5.74, 6) is 1.36. The number of likely N-dealkylation sites (tertiary alicyclic amines) is 1. The quantitative estimate of drug-likeness (QED) is 0.684. The number of hydrogen-bond donors (Lipinski definition) is 1. The number of nitrogens with zero attached hydrogens (tertiary/aromatic N) is 1.